The first-order valence-electron chi connectivity index (χ1n) is 2.69. The van der Waals surface area contributed by atoms with Crippen molar-refractivity contribution in [2.45, 2.75) is 19.3 Å². The Morgan fingerprint density at radius 1 is 1.38 bits per heavy atom. The summed E-state index contributed by atoms with van der Waals surface area (Å²) in [6.45, 7) is 0.858. The first-order valence-corrected chi connectivity index (χ1v) is 2.69. The van der Waals surface area contributed by atoms with Crippen LogP contribution in [0.25, 0.3) is 0 Å². The van der Waals surface area contributed by atoms with Gasteiger partial charge in [-0.15, -0.1) is 0 Å². The molecule has 1 heterocycles. The number of ether oxygens (including phenoxy) is 1. The molecule has 0 saturated heterocycles. The van der Waals surface area contributed by atoms with Crippen LogP contribution in [0.4, 0.5) is 0 Å². The van der Waals surface area contributed by atoms with Crippen molar-refractivity contribution in [3.8, 4) is 0 Å². The summed E-state index contributed by atoms with van der Waals surface area (Å²) in [5.41, 5.74) is 0. The van der Waals surface area contributed by atoms with Crippen LogP contribution in [0.3, 0.4) is 0 Å². The molecule has 1 aliphatic rings. The van der Waals surface area contributed by atoms with Crippen molar-refractivity contribution in [2.24, 2.45) is 0 Å². The van der Waals surface area contributed by atoms with E-state index in [9.17, 15) is 0 Å². The predicted octanol–water partition coefficient (Wildman–Crippen LogP) is -1.49. The molecule has 0 aromatic heterocycles. The van der Waals surface area contributed by atoms with E-state index >= 15 is 0 Å². The average molecular weight is 104 g/mol. The summed E-state index contributed by atoms with van der Waals surface area (Å²) in [7, 11) is 0. The maximum atomic E-state index is 4.89. The van der Waals surface area contributed by atoms with Crippen molar-refractivity contribution >= 4 is 0 Å². The molecule has 0 atom stereocenters. The maximum Gasteiger partial charge on any atom is 1.00 e. The van der Waals surface area contributed by atoms with Crippen LogP contribution in [0, 0.1) is 6.26 Å². The van der Waals surface area contributed by atoms with E-state index in [0.717, 1.165) is 13.0 Å². The molecule has 1 aliphatic heterocycles. The van der Waals surface area contributed by atoms with Gasteiger partial charge in [-0.25, -0.2) is 6.08 Å². The molecule has 0 bridgehead atoms. The predicted molar refractivity (Wildman–Crippen MR) is 27.6 cm³/mol. The minimum Gasteiger partial charge on any atom is -0.693 e. The van der Waals surface area contributed by atoms with E-state index in [-0.39, 0.29) is 18.9 Å². The van der Waals surface area contributed by atoms with E-state index in [1.54, 1.807) is 0 Å². The van der Waals surface area contributed by atoms with Crippen molar-refractivity contribution in [1.82, 2.24) is 0 Å². The SMILES string of the molecule is [C-]1=CCCCCO1.[Li+]. The van der Waals surface area contributed by atoms with E-state index in [0.29, 0.717) is 0 Å². The van der Waals surface area contributed by atoms with Crippen LogP contribution in [0.5, 0.6) is 0 Å². The molecule has 0 radical (unpaired) electrons. The molecule has 0 fully saturated rings. The van der Waals surface area contributed by atoms with Crippen LogP contribution in [0.15, 0.2) is 6.08 Å². The van der Waals surface area contributed by atoms with Gasteiger partial charge >= 0.3 is 18.9 Å². The third kappa shape index (κ3) is 3.18. The number of hydrogen-bond acceptors (Lipinski definition) is 1. The van der Waals surface area contributed by atoms with Crippen molar-refractivity contribution in [1.29, 1.82) is 0 Å². The van der Waals surface area contributed by atoms with Crippen LogP contribution in [-0.2, 0) is 4.74 Å². The summed E-state index contributed by atoms with van der Waals surface area (Å²) in [4.78, 5) is 0. The van der Waals surface area contributed by atoms with E-state index in [4.69, 9.17) is 4.74 Å². The van der Waals surface area contributed by atoms with Gasteiger partial charge in [0.05, 0.1) is 0 Å². The molecule has 8 heavy (non-hydrogen) atoms. The van der Waals surface area contributed by atoms with Gasteiger partial charge in [-0.2, -0.15) is 0 Å². The van der Waals surface area contributed by atoms with Crippen molar-refractivity contribution in [2.75, 3.05) is 6.61 Å². The van der Waals surface area contributed by atoms with E-state index in [2.05, 4.69) is 6.26 Å². The van der Waals surface area contributed by atoms with Crippen molar-refractivity contribution in [3.63, 3.8) is 0 Å². The molecule has 0 saturated carbocycles. The molecular weight excluding hydrogens is 95.0 g/mol. The maximum absolute atomic E-state index is 4.89. The van der Waals surface area contributed by atoms with Crippen molar-refractivity contribution in [3.05, 3.63) is 12.3 Å². The van der Waals surface area contributed by atoms with Gasteiger partial charge in [-0.1, -0.05) is 6.42 Å². The number of allylic oxidation sites excluding steroid dienone is 1. The summed E-state index contributed by atoms with van der Waals surface area (Å²) >= 11 is 0. The fraction of sp³-hybridized carbons (Fsp3) is 0.667. The van der Waals surface area contributed by atoms with Gasteiger partial charge in [0.1, 0.15) is 0 Å². The van der Waals surface area contributed by atoms with Gasteiger partial charge in [-0.3, -0.25) is 0 Å². The van der Waals surface area contributed by atoms with Gasteiger partial charge in [0.2, 0.25) is 0 Å². The second-order valence-electron chi connectivity index (χ2n) is 1.67. The second kappa shape index (κ2) is 5.28. The molecule has 1 nitrogen and oxygen atoms in total. The first kappa shape index (κ1) is 8.14. The van der Waals surface area contributed by atoms with Crippen LogP contribution in [0.2, 0.25) is 0 Å². The van der Waals surface area contributed by atoms with E-state index < -0.39 is 0 Å². The Morgan fingerprint density at radius 3 is 3.12 bits per heavy atom. The zero-order valence-electron chi connectivity index (χ0n) is 5.31. The molecule has 1 rings (SSSR count). The number of rotatable bonds is 0. The topological polar surface area (TPSA) is 9.23 Å². The Balaban J connectivity index is 0.000000490. The van der Waals surface area contributed by atoms with Gasteiger partial charge in [0.25, 0.3) is 0 Å². The fourth-order valence-corrected chi connectivity index (χ4v) is 0.597. The Kier molecular flexibility index (Phi) is 5.37. The summed E-state index contributed by atoms with van der Waals surface area (Å²) in [5, 5.41) is 0. The Bertz CT molecular complexity index is 62.9. The smallest absolute Gasteiger partial charge is 0.693 e. The van der Waals surface area contributed by atoms with Gasteiger partial charge in [-0.05, 0) is 12.8 Å². The van der Waals surface area contributed by atoms with Gasteiger partial charge < -0.3 is 11.0 Å². The zero-order valence-corrected chi connectivity index (χ0v) is 5.31. The zero-order chi connectivity index (χ0) is 4.95. The average Bonchev–Trinajstić information content (AvgIpc) is 1.90. The third-order valence-electron chi connectivity index (χ3n) is 1.01. The van der Waals surface area contributed by atoms with Crippen LogP contribution < -0.4 is 18.9 Å². The third-order valence-corrected chi connectivity index (χ3v) is 1.01. The Hall–Kier alpha value is 0.137. The molecule has 0 amide bonds. The molecule has 0 unspecified atom stereocenters. The van der Waals surface area contributed by atoms with Gasteiger partial charge in [0, 0.05) is 6.61 Å². The second-order valence-corrected chi connectivity index (χ2v) is 1.67. The summed E-state index contributed by atoms with van der Waals surface area (Å²) in [5.74, 6) is 0. The monoisotopic (exact) mass is 104 g/mol. The fourth-order valence-electron chi connectivity index (χ4n) is 0.597. The Labute approximate surface area is 62.3 Å². The molecule has 0 spiro atoms. The molecule has 2 heteroatoms. The minimum absolute atomic E-state index is 0. The molecule has 0 aromatic rings. The van der Waals surface area contributed by atoms with Crippen LogP contribution >= 0.6 is 0 Å². The largest absolute Gasteiger partial charge is 1.00 e. The van der Waals surface area contributed by atoms with Crippen LogP contribution in [-0.4, -0.2) is 6.61 Å². The van der Waals surface area contributed by atoms with Crippen molar-refractivity contribution < 1.29 is 23.6 Å². The molecule has 0 N–H and O–H groups in total. The van der Waals surface area contributed by atoms with Gasteiger partial charge in [0.15, 0.2) is 0 Å². The summed E-state index contributed by atoms with van der Waals surface area (Å²) < 4.78 is 4.89. The molecule has 0 aromatic carbocycles. The van der Waals surface area contributed by atoms with E-state index in [1.807, 2.05) is 6.08 Å². The standard InChI is InChI=1S/C6H9O.Li/c1-2-4-6-7-5-3-1;/h3H,1-2,4,6H2;/q-1;+1. The summed E-state index contributed by atoms with van der Waals surface area (Å²) in [6.07, 6.45) is 8.25. The quantitative estimate of drug-likeness (QED) is 0.269. The van der Waals surface area contributed by atoms with E-state index in [1.165, 1.54) is 12.8 Å². The molecular formula is C6H9LiO. The number of hydrogen-bond donors (Lipinski definition) is 0. The molecule has 40 valence electrons. The first-order chi connectivity index (χ1) is 3.50. The summed E-state index contributed by atoms with van der Waals surface area (Å²) in [6, 6.07) is 0. The Morgan fingerprint density at radius 2 is 2.25 bits per heavy atom. The normalized spacial score (nSPS) is 18.0. The minimum atomic E-state index is 0. The molecule has 0 aliphatic carbocycles. The van der Waals surface area contributed by atoms with Crippen LogP contribution in [0.1, 0.15) is 19.3 Å².